The molecule has 0 amide bonds. The van der Waals surface area contributed by atoms with Crippen LogP contribution in [-0.4, -0.2) is 27.3 Å². The molecule has 0 spiro atoms. The van der Waals surface area contributed by atoms with Gasteiger partial charge >= 0.3 is 0 Å². The van der Waals surface area contributed by atoms with Crippen molar-refractivity contribution >= 4 is 21.4 Å². The maximum Gasteiger partial charge on any atom is 0.232 e. The number of benzene rings is 1. The smallest absolute Gasteiger partial charge is 0.232 e. The van der Waals surface area contributed by atoms with Gasteiger partial charge in [0.25, 0.3) is 0 Å². The second-order valence-electron chi connectivity index (χ2n) is 3.92. The standard InChI is InChI=1S/C12H17N3O3S/c1-4-19(16,17)15-10-5-6-12(18-3)11(7-10)14-9(2)8-13/h5-7,9,14-15H,4H2,1-3H3. The van der Waals surface area contributed by atoms with E-state index >= 15 is 0 Å². The van der Waals surface area contributed by atoms with Gasteiger partial charge in [-0.1, -0.05) is 0 Å². The van der Waals surface area contributed by atoms with Crippen molar-refractivity contribution in [1.82, 2.24) is 0 Å². The maximum absolute atomic E-state index is 11.5. The quantitative estimate of drug-likeness (QED) is 0.830. The van der Waals surface area contributed by atoms with Crippen molar-refractivity contribution < 1.29 is 13.2 Å². The van der Waals surface area contributed by atoms with Crippen LogP contribution in [0, 0.1) is 11.3 Å². The zero-order chi connectivity index (χ0) is 14.5. The van der Waals surface area contributed by atoms with E-state index in [1.807, 2.05) is 6.07 Å². The third kappa shape index (κ3) is 4.34. The molecule has 0 aliphatic carbocycles. The van der Waals surface area contributed by atoms with Crippen LogP contribution >= 0.6 is 0 Å². The highest BCUT2D eigenvalue weighted by molar-refractivity contribution is 7.92. The molecule has 1 aromatic rings. The Morgan fingerprint density at radius 1 is 1.47 bits per heavy atom. The van der Waals surface area contributed by atoms with Gasteiger partial charge in [0.2, 0.25) is 10.0 Å². The van der Waals surface area contributed by atoms with Crippen molar-refractivity contribution in [3.05, 3.63) is 18.2 Å². The number of nitrogens with zero attached hydrogens (tertiary/aromatic N) is 1. The summed E-state index contributed by atoms with van der Waals surface area (Å²) in [5, 5.41) is 11.7. The van der Waals surface area contributed by atoms with E-state index < -0.39 is 16.1 Å². The second-order valence-corrected chi connectivity index (χ2v) is 5.93. The highest BCUT2D eigenvalue weighted by atomic mass is 32.2. The van der Waals surface area contributed by atoms with E-state index in [1.165, 1.54) is 7.11 Å². The van der Waals surface area contributed by atoms with E-state index in [2.05, 4.69) is 10.0 Å². The van der Waals surface area contributed by atoms with Crippen LogP contribution in [0.3, 0.4) is 0 Å². The summed E-state index contributed by atoms with van der Waals surface area (Å²) in [5.74, 6) is 0.540. The Kier molecular flexibility index (Phi) is 5.01. The van der Waals surface area contributed by atoms with Gasteiger partial charge in [-0.2, -0.15) is 5.26 Å². The van der Waals surface area contributed by atoms with E-state index in [0.29, 0.717) is 17.1 Å². The van der Waals surface area contributed by atoms with Crippen molar-refractivity contribution in [1.29, 1.82) is 5.26 Å². The zero-order valence-electron chi connectivity index (χ0n) is 11.1. The molecule has 0 heterocycles. The SMILES string of the molecule is CCS(=O)(=O)Nc1ccc(OC)c(NC(C)C#N)c1. The van der Waals surface area contributed by atoms with Crippen LogP contribution in [0.15, 0.2) is 18.2 Å². The van der Waals surface area contributed by atoms with E-state index in [4.69, 9.17) is 10.00 Å². The summed E-state index contributed by atoms with van der Waals surface area (Å²) < 4.78 is 30.6. The molecule has 1 atom stereocenters. The lowest BCUT2D eigenvalue weighted by molar-refractivity contribution is 0.416. The number of hydrogen-bond acceptors (Lipinski definition) is 5. The van der Waals surface area contributed by atoms with Gasteiger partial charge in [0.15, 0.2) is 0 Å². The molecular weight excluding hydrogens is 266 g/mol. The van der Waals surface area contributed by atoms with E-state index in [0.717, 1.165) is 0 Å². The van der Waals surface area contributed by atoms with Crippen molar-refractivity contribution in [3.63, 3.8) is 0 Å². The molecule has 0 radical (unpaired) electrons. The number of anilines is 2. The van der Waals surface area contributed by atoms with Gasteiger partial charge in [-0.3, -0.25) is 4.72 Å². The number of hydrogen-bond donors (Lipinski definition) is 2. The Hall–Kier alpha value is -1.94. The van der Waals surface area contributed by atoms with Crippen molar-refractivity contribution in [2.24, 2.45) is 0 Å². The predicted octanol–water partition coefficient (Wildman–Crippen LogP) is 1.78. The van der Waals surface area contributed by atoms with E-state index in [1.54, 1.807) is 32.0 Å². The minimum atomic E-state index is -3.33. The highest BCUT2D eigenvalue weighted by Gasteiger charge is 2.11. The molecule has 1 rings (SSSR count). The van der Waals surface area contributed by atoms with Crippen molar-refractivity contribution in [3.8, 4) is 11.8 Å². The molecule has 0 saturated heterocycles. The Morgan fingerprint density at radius 2 is 2.16 bits per heavy atom. The minimum absolute atomic E-state index is 0.00358. The first kappa shape index (κ1) is 15.1. The van der Waals surface area contributed by atoms with Crippen LogP contribution in [0.5, 0.6) is 5.75 Å². The number of rotatable bonds is 6. The lowest BCUT2D eigenvalue weighted by atomic mass is 10.2. The first-order valence-corrected chi connectivity index (χ1v) is 7.41. The number of methoxy groups -OCH3 is 1. The first-order valence-electron chi connectivity index (χ1n) is 5.76. The summed E-state index contributed by atoms with van der Waals surface area (Å²) in [7, 11) is -1.82. The molecule has 0 bridgehead atoms. The molecule has 7 heteroatoms. The summed E-state index contributed by atoms with van der Waals surface area (Å²) in [5.41, 5.74) is 0.989. The lowest BCUT2D eigenvalue weighted by Crippen LogP contribution is -2.16. The number of nitrogens with one attached hydrogen (secondary N) is 2. The minimum Gasteiger partial charge on any atom is -0.495 e. The molecule has 6 nitrogen and oxygen atoms in total. The molecule has 1 aromatic carbocycles. The Bertz CT molecular complexity index is 578. The average Bonchev–Trinajstić information content (AvgIpc) is 2.38. The molecule has 1 unspecified atom stereocenters. The van der Waals surface area contributed by atoms with Gasteiger partial charge in [-0.25, -0.2) is 8.42 Å². The number of ether oxygens (including phenoxy) is 1. The van der Waals surface area contributed by atoms with Gasteiger partial charge in [0.1, 0.15) is 11.8 Å². The lowest BCUT2D eigenvalue weighted by Gasteiger charge is -2.14. The number of sulfonamides is 1. The molecule has 0 aromatic heterocycles. The molecule has 2 N–H and O–H groups in total. The highest BCUT2D eigenvalue weighted by Crippen LogP contribution is 2.28. The fourth-order valence-electron chi connectivity index (χ4n) is 1.40. The normalized spacial score (nSPS) is 12.3. The summed E-state index contributed by atoms with van der Waals surface area (Å²) in [4.78, 5) is 0. The third-order valence-corrected chi connectivity index (χ3v) is 3.73. The molecule has 0 aliphatic rings. The van der Waals surface area contributed by atoms with Crippen molar-refractivity contribution in [2.75, 3.05) is 22.9 Å². The predicted molar refractivity (Wildman–Crippen MR) is 74.8 cm³/mol. The van der Waals surface area contributed by atoms with Gasteiger partial charge < -0.3 is 10.1 Å². The van der Waals surface area contributed by atoms with Gasteiger partial charge in [0.05, 0.1) is 30.3 Å². The number of nitriles is 1. The van der Waals surface area contributed by atoms with Crippen LogP contribution in [0.1, 0.15) is 13.8 Å². The zero-order valence-corrected chi connectivity index (χ0v) is 11.9. The van der Waals surface area contributed by atoms with E-state index in [9.17, 15) is 8.42 Å². The Balaban J connectivity index is 3.05. The van der Waals surface area contributed by atoms with Gasteiger partial charge in [-0.05, 0) is 32.0 Å². The topological polar surface area (TPSA) is 91.2 Å². The summed E-state index contributed by atoms with van der Waals surface area (Å²) in [6.45, 7) is 3.26. The second kappa shape index (κ2) is 6.29. The van der Waals surface area contributed by atoms with Gasteiger partial charge in [-0.15, -0.1) is 0 Å². The molecule has 104 valence electrons. The van der Waals surface area contributed by atoms with Crippen LogP contribution < -0.4 is 14.8 Å². The molecule has 19 heavy (non-hydrogen) atoms. The average molecular weight is 283 g/mol. The van der Waals surface area contributed by atoms with Crippen molar-refractivity contribution in [2.45, 2.75) is 19.9 Å². The fourth-order valence-corrected chi connectivity index (χ4v) is 2.03. The maximum atomic E-state index is 11.5. The Morgan fingerprint density at radius 3 is 2.68 bits per heavy atom. The largest absolute Gasteiger partial charge is 0.495 e. The van der Waals surface area contributed by atoms with Gasteiger partial charge in [0, 0.05) is 0 Å². The Labute approximate surface area is 113 Å². The monoisotopic (exact) mass is 283 g/mol. The third-order valence-electron chi connectivity index (χ3n) is 2.42. The first-order chi connectivity index (χ1) is 8.91. The summed E-state index contributed by atoms with van der Waals surface area (Å²) >= 11 is 0. The van der Waals surface area contributed by atoms with E-state index in [-0.39, 0.29) is 5.75 Å². The van der Waals surface area contributed by atoms with Crippen LogP contribution in [0.25, 0.3) is 0 Å². The molecule has 0 saturated carbocycles. The summed E-state index contributed by atoms with van der Waals surface area (Å²) in [6.07, 6.45) is 0. The van der Waals surface area contributed by atoms with Crippen LogP contribution in [0.4, 0.5) is 11.4 Å². The fraction of sp³-hybridized carbons (Fsp3) is 0.417. The van der Waals surface area contributed by atoms with Crippen LogP contribution in [0.2, 0.25) is 0 Å². The molecule has 0 fully saturated rings. The summed E-state index contributed by atoms with van der Waals surface area (Å²) in [6, 6.07) is 6.47. The molecular formula is C12H17N3O3S. The molecule has 0 aliphatic heterocycles. The van der Waals surface area contributed by atoms with Crippen LogP contribution in [-0.2, 0) is 10.0 Å².